The number of fused-ring (bicyclic) bond motifs is 1. The fraction of sp³-hybridized carbons (Fsp3) is 0.360. The van der Waals surface area contributed by atoms with Crippen LogP contribution in [0, 0.1) is 5.92 Å². The Kier molecular flexibility index (Phi) is 6.27. The number of carbonyl (C=O) groups excluding carboxylic acids is 1. The largest absolute Gasteiger partial charge is 0.466 e. The van der Waals surface area contributed by atoms with Gasteiger partial charge >= 0.3 is 5.97 Å². The molecule has 9 nitrogen and oxygen atoms in total. The van der Waals surface area contributed by atoms with Crippen LogP contribution in [0.5, 0.6) is 0 Å². The van der Waals surface area contributed by atoms with Crippen molar-refractivity contribution in [3.63, 3.8) is 0 Å². The van der Waals surface area contributed by atoms with Gasteiger partial charge in [0, 0.05) is 43.2 Å². The number of anilines is 1. The molecule has 4 aromatic rings. The third-order valence-electron chi connectivity index (χ3n) is 6.29. The molecule has 0 unspecified atom stereocenters. The molecule has 4 heterocycles. The second-order valence-corrected chi connectivity index (χ2v) is 8.56. The van der Waals surface area contributed by atoms with Crippen LogP contribution in [0.4, 0.5) is 5.69 Å². The van der Waals surface area contributed by atoms with Crippen molar-refractivity contribution in [3.8, 4) is 11.6 Å². The maximum absolute atomic E-state index is 11.8. The molecule has 1 aliphatic rings. The summed E-state index contributed by atoms with van der Waals surface area (Å²) in [5.74, 6) is 1.40. The number of nitrogens with zero attached hydrogens (tertiary/aromatic N) is 6. The summed E-state index contributed by atoms with van der Waals surface area (Å²) >= 11 is 0. The van der Waals surface area contributed by atoms with Crippen LogP contribution < -0.4 is 4.90 Å². The van der Waals surface area contributed by atoms with E-state index >= 15 is 0 Å². The van der Waals surface area contributed by atoms with Crippen molar-refractivity contribution in [2.24, 2.45) is 5.92 Å². The first-order valence-corrected chi connectivity index (χ1v) is 11.6. The number of esters is 1. The van der Waals surface area contributed by atoms with Gasteiger partial charge in [-0.2, -0.15) is 5.10 Å². The first-order valence-electron chi connectivity index (χ1n) is 11.6. The zero-order chi connectivity index (χ0) is 23.5. The minimum absolute atomic E-state index is 0.218. The molecular weight excluding hydrogens is 432 g/mol. The van der Waals surface area contributed by atoms with Crippen LogP contribution in [-0.2, 0) is 16.0 Å². The Hall–Kier alpha value is -3.72. The molecule has 0 amide bonds. The van der Waals surface area contributed by atoms with E-state index in [2.05, 4.69) is 33.2 Å². The van der Waals surface area contributed by atoms with Crippen molar-refractivity contribution in [3.05, 3.63) is 60.8 Å². The predicted molar refractivity (Wildman–Crippen MR) is 128 cm³/mol. The molecule has 0 spiro atoms. The molecule has 5 rings (SSSR count). The van der Waals surface area contributed by atoms with Gasteiger partial charge in [0.15, 0.2) is 11.6 Å². The molecule has 0 atom stereocenters. The van der Waals surface area contributed by atoms with Crippen LogP contribution in [0.3, 0.4) is 0 Å². The summed E-state index contributed by atoms with van der Waals surface area (Å²) in [4.78, 5) is 23.3. The number of piperidine rings is 1. The van der Waals surface area contributed by atoms with E-state index < -0.39 is 0 Å². The minimum atomic E-state index is -0.250. The number of ether oxygens (including phenoxy) is 1. The van der Waals surface area contributed by atoms with Gasteiger partial charge in [0.25, 0.3) is 0 Å². The molecule has 1 aromatic carbocycles. The topological polar surface area (TPSA) is 98.3 Å². The van der Waals surface area contributed by atoms with E-state index in [9.17, 15) is 9.90 Å². The fourth-order valence-corrected chi connectivity index (χ4v) is 4.40. The van der Waals surface area contributed by atoms with Crippen LogP contribution in [-0.4, -0.2) is 61.7 Å². The van der Waals surface area contributed by atoms with Gasteiger partial charge in [0.2, 0.25) is 0 Å². The molecule has 3 aromatic heterocycles. The fourth-order valence-electron chi connectivity index (χ4n) is 4.40. The Labute approximate surface area is 197 Å². The van der Waals surface area contributed by atoms with Crippen molar-refractivity contribution in [2.75, 3.05) is 31.2 Å². The molecule has 176 valence electrons. The van der Waals surface area contributed by atoms with E-state index in [-0.39, 0.29) is 19.0 Å². The summed E-state index contributed by atoms with van der Waals surface area (Å²) in [7, 11) is 0. The first-order chi connectivity index (χ1) is 16.6. The summed E-state index contributed by atoms with van der Waals surface area (Å²) < 4.78 is 8.68. The van der Waals surface area contributed by atoms with Gasteiger partial charge < -0.3 is 19.3 Å². The van der Waals surface area contributed by atoms with Gasteiger partial charge in [-0.25, -0.2) is 9.67 Å². The molecule has 34 heavy (non-hydrogen) atoms. The Morgan fingerprint density at radius 2 is 1.97 bits per heavy atom. The van der Waals surface area contributed by atoms with E-state index in [4.69, 9.17) is 9.72 Å². The highest BCUT2D eigenvalue weighted by atomic mass is 16.5. The lowest BCUT2D eigenvalue weighted by molar-refractivity contribution is -0.142. The summed E-state index contributed by atoms with van der Waals surface area (Å²) in [5.41, 5.74) is 2.96. The molecule has 1 aliphatic heterocycles. The summed E-state index contributed by atoms with van der Waals surface area (Å²) in [6.45, 7) is 4.29. The molecule has 0 bridgehead atoms. The van der Waals surface area contributed by atoms with Gasteiger partial charge in [-0.15, -0.1) is 0 Å². The highest BCUT2D eigenvalue weighted by Crippen LogP contribution is 2.27. The molecule has 1 N–H and O–H groups in total. The van der Waals surface area contributed by atoms with E-state index in [0.717, 1.165) is 48.1 Å². The van der Waals surface area contributed by atoms with Crippen molar-refractivity contribution in [1.29, 1.82) is 0 Å². The molecule has 0 aliphatic carbocycles. The predicted octanol–water partition coefficient (Wildman–Crippen LogP) is 2.92. The summed E-state index contributed by atoms with van der Waals surface area (Å²) in [6, 6.07) is 8.22. The molecule has 1 fully saturated rings. The standard InChI is InChI=1S/C25H28N6O3/c1-2-34-25(33)11-19-7-10-30(16-19)23-14-26-15-24(28-23)31-22-12-21(4-3-20(22)13-27-31)29-8-5-18(17-32)6-9-29/h3-4,7,10,12-16,18,32H,2,5-6,8-9,11,17H2,1H3. The van der Waals surface area contributed by atoms with Gasteiger partial charge in [-0.3, -0.25) is 9.78 Å². The zero-order valence-corrected chi connectivity index (χ0v) is 19.2. The normalized spacial score (nSPS) is 14.6. The van der Waals surface area contributed by atoms with Crippen molar-refractivity contribution in [1.82, 2.24) is 24.3 Å². The second-order valence-electron chi connectivity index (χ2n) is 8.56. The van der Waals surface area contributed by atoms with Gasteiger partial charge in [0.1, 0.15) is 0 Å². The third-order valence-corrected chi connectivity index (χ3v) is 6.29. The van der Waals surface area contributed by atoms with Crippen LogP contribution in [0.15, 0.2) is 55.2 Å². The lowest BCUT2D eigenvalue weighted by atomic mass is 9.97. The molecule has 9 heteroatoms. The van der Waals surface area contributed by atoms with Gasteiger partial charge in [-0.1, -0.05) is 0 Å². The summed E-state index contributed by atoms with van der Waals surface area (Å²) in [5, 5.41) is 15.0. The van der Waals surface area contributed by atoms with Crippen LogP contribution >= 0.6 is 0 Å². The monoisotopic (exact) mass is 460 g/mol. The molecule has 0 saturated carbocycles. The number of benzene rings is 1. The Balaban J connectivity index is 1.41. The number of aliphatic hydroxyl groups excluding tert-OH is 1. The Bertz CT molecular complexity index is 1290. The molecular formula is C25H28N6O3. The summed E-state index contributed by atoms with van der Waals surface area (Å²) in [6.07, 6.45) is 11.1. The second kappa shape index (κ2) is 9.64. The Morgan fingerprint density at radius 1 is 1.15 bits per heavy atom. The smallest absolute Gasteiger partial charge is 0.310 e. The van der Waals surface area contributed by atoms with E-state index in [0.29, 0.717) is 24.2 Å². The number of rotatable bonds is 7. The number of hydrogen-bond donors (Lipinski definition) is 1. The zero-order valence-electron chi connectivity index (χ0n) is 19.2. The van der Waals surface area contributed by atoms with E-state index in [1.807, 2.05) is 29.2 Å². The minimum Gasteiger partial charge on any atom is -0.466 e. The first kappa shape index (κ1) is 22.1. The maximum Gasteiger partial charge on any atom is 0.310 e. The average molecular weight is 461 g/mol. The number of aromatic nitrogens is 5. The number of aliphatic hydroxyl groups is 1. The molecule has 1 saturated heterocycles. The van der Waals surface area contributed by atoms with Crippen molar-refractivity contribution >= 4 is 22.6 Å². The highest BCUT2D eigenvalue weighted by Gasteiger charge is 2.19. The van der Waals surface area contributed by atoms with Crippen LogP contribution in [0.1, 0.15) is 25.3 Å². The van der Waals surface area contributed by atoms with Crippen LogP contribution in [0.2, 0.25) is 0 Å². The maximum atomic E-state index is 11.8. The Morgan fingerprint density at radius 3 is 2.76 bits per heavy atom. The van der Waals surface area contributed by atoms with Gasteiger partial charge in [-0.05, 0) is 55.5 Å². The highest BCUT2D eigenvalue weighted by molar-refractivity contribution is 5.83. The van der Waals surface area contributed by atoms with Crippen molar-refractivity contribution < 1.29 is 14.6 Å². The van der Waals surface area contributed by atoms with Gasteiger partial charge in [0.05, 0.1) is 37.1 Å². The van der Waals surface area contributed by atoms with Crippen molar-refractivity contribution in [2.45, 2.75) is 26.2 Å². The third kappa shape index (κ3) is 4.51. The van der Waals surface area contributed by atoms with E-state index in [1.54, 1.807) is 24.0 Å². The van der Waals surface area contributed by atoms with E-state index in [1.165, 1.54) is 0 Å². The van der Waals surface area contributed by atoms with Crippen LogP contribution in [0.25, 0.3) is 22.5 Å². The lowest BCUT2D eigenvalue weighted by Crippen LogP contribution is -2.34. The average Bonchev–Trinajstić information content (AvgIpc) is 3.51. The SMILES string of the molecule is CCOC(=O)Cc1ccn(-c2cncc(-n3ncc4ccc(N5CCC(CO)CC5)cc43)n2)c1. The lowest BCUT2D eigenvalue weighted by Gasteiger charge is -2.32. The quantitative estimate of drug-likeness (QED) is 0.424. The number of carbonyl (C=O) groups is 1. The number of hydrogen-bond acceptors (Lipinski definition) is 7. The molecule has 0 radical (unpaired) electrons.